The van der Waals surface area contributed by atoms with E-state index in [0.29, 0.717) is 17.2 Å². The summed E-state index contributed by atoms with van der Waals surface area (Å²) in [6.45, 7) is 0.566. The topological polar surface area (TPSA) is 29.5 Å². The summed E-state index contributed by atoms with van der Waals surface area (Å²) in [7, 11) is 0. The zero-order chi connectivity index (χ0) is 14.8. The van der Waals surface area contributed by atoms with Crippen molar-refractivity contribution in [3.63, 3.8) is 0 Å². The highest BCUT2D eigenvalue weighted by Gasteiger charge is 2.28. The molecular formula is C17H16ClFO2. The standard InChI is InChI=1S/C17H16ClFO2/c18-12-5-6-15(19)11(9-12)10-16(20)13-7-8-21-17-4-2-1-3-14(13)17/h1-6,9,13,16,20H,7-8,10H2. The predicted molar refractivity (Wildman–Crippen MR) is 80.4 cm³/mol. The van der Waals surface area contributed by atoms with Gasteiger partial charge in [0.25, 0.3) is 0 Å². The number of halogens is 2. The van der Waals surface area contributed by atoms with Gasteiger partial charge in [0.1, 0.15) is 11.6 Å². The first-order chi connectivity index (χ1) is 10.1. The van der Waals surface area contributed by atoms with Crippen LogP contribution in [-0.2, 0) is 6.42 Å². The van der Waals surface area contributed by atoms with Crippen LogP contribution in [0.2, 0.25) is 5.02 Å². The lowest BCUT2D eigenvalue weighted by molar-refractivity contribution is 0.116. The first kappa shape index (κ1) is 14.4. The fourth-order valence-electron chi connectivity index (χ4n) is 2.84. The summed E-state index contributed by atoms with van der Waals surface area (Å²) < 4.78 is 19.4. The van der Waals surface area contributed by atoms with Gasteiger partial charge in [0, 0.05) is 17.4 Å². The van der Waals surface area contributed by atoms with Crippen molar-refractivity contribution in [3.05, 3.63) is 64.4 Å². The van der Waals surface area contributed by atoms with Gasteiger partial charge in [0.05, 0.1) is 12.7 Å². The van der Waals surface area contributed by atoms with Crippen LogP contribution >= 0.6 is 11.6 Å². The van der Waals surface area contributed by atoms with Crippen LogP contribution in [-0.4, -0.2) is 17.8 Å². The highest BCUT2D eigenvalue weighted by atomic mass is 35.5. The average molecular weight is 307 g/mol. The summed E-state index contributed by atoms with van der Waals surface area (Å²) in [6, 6.07) is 12.1. The fraction of sp³-hybridized carbons (Fsp3) is 0.294. The molecule has 110 valence electrons. The summed E-state index contributed by atoms with van der Waals surface area (Å²) in [5, 5.41) is 11.0. The third kappa shape index (κ3) is 3.04. The Bertz CT molecular complexity index is 644. The van der Waals surface area contributed by atoms with Gasteiger partial charge in [-0.1, -0.05) is 29.8 Å². The zero-order valence-corrected chi connectivity index (χ0v) is 12.2. The minimum absolute atomic E-state index is 0.0478. The monoisotopic (exact) mass is 306 g/mol. The van der Waals surface area contributed by atoms with Gasteiger partial charge < -0.3 is 9.84 Å². The molecule has 2 aromatic rings. The summed E-state index contributed by atoms with van der Waals surface area (Å²) in [6.07, 6.45) is 0.300. The molecule has 0 radical (unpaired) electrons. The highest BCUT2D eigenvalue weighted by molar-refractivity contribution is 6.30. The van der Waals surface area contributed by atoms with Crippen LogP contribution in [0.3, 0.4) is 0 Å². The van der Waals surface area contributed by atoms with E-state index in [1.165, 1.54) is 12.1 Å². The van der Waals surface area contributed by atoms with Crippen LogP contribution in [0.1, 0.15) is 23.5 Å². The fourth-order valence-corrected chi connectivity index (χ4v) is 3.03. The van der Waals surface area contributed by atoms with Gasteiger partial charge in [-0.15, -0.1) is 0 Å². The number of benzene rings is 2. The van der Waals surface area contributed by atoms with Gasteiger partial charge in [-0.25, -0.2) is 4.39 Å². The van der Waals surface area contributed by atoms with E-state index in [2.05, 4.69) is 0 Å². The molecule has 0 spiro atoms. The highest BCUT2D eigenvalue weighted by Crippen LogP contribution is 2.36. The number of rotatable bonds is 3. The Hall–Kier alpha value is -1.58. The minimum Gasteiger partial charge on any atom is -0.493 e. The number of aliphatic hydroxyl groups excluding tert-OH is 1. The van der Waals surface area contributed by atoms with Crippen molar-refractivity contribution in [1.29, 1.82) is 0 Å². The normalized spacial score (nSPS) is 18.7. The predicted octanol–water partition coefficient (Wildman–Crippen LogP) is 3.95. The lowest BCUT2D eigenvalue weighted by atomic mass is 9.85. The van der Waals surface area contributed by atoms with Gasteiger partial charge in [-0.3, -0.25) is 0 Å². The Labute approximate surface area is 128 Å². The molecule has 4 heteroatoms. The number of hydrogen-bond donors (Lipinski definition) is 1. The molecule has 1 N–H and O–H groups in total. The van der Waals surface area contributed by atoms with E-state index in [1.54, 1.807) is 6.07 Å². The number of hydrogen-bond acceptors (Lipinski definition) is 2. The maximum Gasteiger partial charge on any atom is 0.126 e. The molecule has 0 saturated carbocycles. The summed E-state index contributed by atoms with van der Waals surface area (Å²) in [5.74, 6) is 0.423. The molecule has 0 aromatic heterocycles. The Kier molecular flexibility index (Phi) is 4.13. The smallest absolute Gasteiger partial charge is 0.126 e. The Balaban J connectivity index is 1.83. The molecule has 0 amide bonds. The molecule has 2 atom stereocenters. The molecule has 2 aromatic carbocycles. The van der Waals surface area contributed by atoms with Crippen LogP contribution in [0.25, 0.3) is 0 Å². The second kappa shape index (κ2) is 6.04. The molecule has 0 aliphatic carbocycles. The van der Waals surface area contributed by atoms with E-state index in [-0.39, 0.29) is 18.2 Å². The second-order valence-corrected chi connectivity index (χ2v) is 5.73. The first-order valence-electron chi connectivity index (χ1n) is 6.99. The van der Waals surface area contributed by atoms with Gasteiger partial charge in [-0.2, -0.15) is 0 Å². The molecule has 1 heterocycles. The SMILES string of the molecule is OC(Cc1cc(Cl)ccc1F)C1CCOc2ccccc21. The first-order valence-corrected chi connectivity index (χ1v) is 7.36. The average Bonchev–Trinajstić information content (AvgIpc) is 2.50. The van der Waals surface area contributed by atoms with Crippen LogP contribution in [0.5, 0.6) is 5.75 Å². The molecule has 21 heavy (non-hydrogen) atoms. The lowest BCUT2D eigenvalue weighted by Crippen LogP contribution is -2.27. The van der Waals surface area contributed by atoms with Crippen LogP contribution in [0.15, 0.2) is 42.5 Å². The molecule has 3 rings (SSSR count). The number of fused-ring (bicyclic) bond motifs is 1. The molecule has 2 unspecified atom stereocenters. The molecule has 1 aliphatic heterocycles. The van der Waals surface area contributed by atoms with Crippen molar-refractivity contribution in [2.45, 2.75) is 24.9 Å². The van der Waals surface area contributed by atoms with Crippen molar-refractivity contribution in [1.82, 2.24) is 0 Å². The Morgan fingerprint density at radius 2 is 2.10 bits per heavy atom. The van der Waals surface area contributed by atoms with Crippen LogP contribution < -0.4 is 4.74 Å². The van der Waals surface area contributed by atoms with E-state index >= 15 is 0 Å². The van der Waals surface area contributed by atoms with Crippen molar-refractivity contribution in [2.24, 2.45) is 0 Å². The third-order valence-corrected chi connectivity index (χ3v) is 4.14. The maximum absolute atomic E-state index is 13.8. The van der Waals surface area contributed by atoms with Gasteiger partial charge >= 0.3 is 0 Å². The van der Waals surface area contributed by atoms with Gasteiger partial charge in [-0.05, 0) is 41.8 Å². The van der Waals surface area contributed by atoms with Crippen LogP contribution in [0, 0.1) is 5.82 Å². The third-order valence-electron chi connectivity index (χ3n) is 3.91. The summed E-state index contributed by atoms with van der Waals surface area (Å²) >= 11 is 5.90. The van der Waals surface area contributed by atoms with E-state index in [4.69, 9.17) is 16.3 Å². The summed E-state index contributed by atoms with van der Waals surface area (Å²) in [5.41, 5.74) is 1.43. The largest absolute Gasteiger partial charge is 0.493 e. The van der Waals surface area contributed by atoms with E-state index in [1.807, 2.05) is 24.3 Å². The molecule has 0 saturated heterocycles. The van der Waals surface area contributed by atoms with Crippen molar-refractivity contribution < 1.29 is 14.2 Å². The van der Waals surface area contributed by atoms with Crippen molar-refractivity contribution >= 4 is 11.6 Å². The van der Waals surface area contributed by atoms with Crippen molar-refractivity contribution in [2.75, 3.05) is 6.61 Å². The van der Waals surface area contributed by atoms with E-state index in [9.17, 15) is 9.50 Å². The van der Waals surface area contributed by atoms with E-state index in [0.717, 1.165) is 17.7 Å². The second-order valence-electron chi connectivity index (χ2n) is 5.29. The number of ether oxygens (including phenoxy) is 1. The van der Waals surface area contributed by atoms with Crippen LogP contribution in [0.4, 0.5) is 4.39 Å². The Morgan fingerprint density at radius 3 is 2.95 bits per heavy atom. The molecule has 2 nitrogen and oxygen atoms in total. The zero-order valence-electron chi connectivity index (χ0n) is 11.4. The number of aliphatic hydroxyl groups is 1. The van der Waals surface area contributed by atoms with Gasteiger partial charge in [0.2, 0.25) is 0 Å². The van der Waals surface area contributed by atoms with Gasteiger partial charge in [0.15, 0.2) is 0 Å². The van der Waals surface area contributed by atoms with Crippen molar-refractivity contribution in [3.8, 4) is 5.75 Å². The quantitative estimate of drug-likeness (QED) is 0.930. The lowest BCUT2D eigenvalue weighted by Gasteiger charge is -2.29. The molecular weight excluding hydrogens is 291 g/mol. The maximum atomic E-state index is 13.8. The van der Waals surface area contributed by atoms with E-state index < -0.39 is 6.10 Å². The molecule has 0 fully saturated rings. The molecule has 1 aliphatic rings. The molecule has 0 bridgehead atoms. The summed E-state index contributed by atoms with van der Waals surface area (Å²) in [4.78, 5) is 0. The number of para-hydroxylation sites is 1. The Morgan fingerprint density at radius 1 is 1.29 bits per heavy atom. The minimum atomic E-state index is -0.664.